The molecule has 0 aliphatic carbocycles. The quantitative estimate of drug-likeness (QED) is 0.857. The third kappa shape index (κ3) is 5.35. The lowest BCUT2D eigenvalue weighted by atomic mass is 10.0. The maximum atomic E-state index is 12.1. The molecule has 1 amide bonds. The minimum absolute atomic E-state index is 0. The number of nitrogens with zero attached hydrogens (tertiary/aromatic N) is 2. The molecule has 0 radical (unpaired) electrons. The van der Waals surface area contributed by atoms with Gasteiger partial charge in [0.1, 0.15) is 5.75 Å². The largest absolute Gasteiger partial charge is 0.437 e. The van der Waals surface area contributed by atoms with E-state index in [9.17, 15) is 4.79 Å². The van der Waals surface area contributed by atoms with E-state index in [2.05, 4.69) is 20.6 Å². The predicted molar refractivity (Wildman–Crippen MR) is 91.7 cm³/mol. The molecule has 1 aliphatic rings. The van der Waals surface area contributed by atoms with E-state index in [0.29, 0.717) is 29.7 Å². The van der Waals surface area contributed by atoms with E-state index in [0.717, 1.165) is 13.1 Å². The Morgan fingerprint density at radius 3 is 2.78 bits per heavy atom. The zero-order chi connectivity index (χ0) is 14.5. The molecule has 23 heavy (non-hydrogen) atoms. The van der Waals surface area contributed by atoms with Crippen molar-refractivity contribution in [1.82, 2.24) is 20.6 Å². The van der Waals surface area contributed by atoms with Crippen molar-refractivity contribution in [1.29, 1.82) is 0 Å². The highest BCUT2D eigenvalue weighted by atomic mass is 35.5. The number of hydrogen-bond acceptors (Lipinski definition) is 5. The third-order valence-electron chi connectivity index (χ3n) is 3.28. The summed E-state index contributed by atoms with van der Waals surface area (Å²) >= 11 is 0. The highest BCUT2D eigenvalue weighted by Crippen LogP contribution is 2.19. The Balaban J connectivity index is 0.00000132. The molecule has 0 bridgehead atoms. The van der Waals surface area contributed by atoms with Crippen molar-refractivity contribution >= 4 is 30.7 Å². The first-order valence-corrected chi connectivity index (χ1v) is 6.84. The van der Waals surface area contributed by atoms with Gasteiger partial charge in [-0.25, -0.2) is 4.98 Å². The van der Waals surface area contributed by atoms with Gasteiger partial charge < -0.3 is 15.4 Å². The van der Waals surface area contributed by atoms with Gasteiger partial charge in [-0.3, -0.25) is 9.78 Å². The van der Waals surface area contributed by atoms with Crippen LogP contribution >= 0.6 is 24.8 Å². The van der Waals surface area contributed by atoms with Crippen LogP contribution in [0.3, 0.4) is 0 Å². The maximum Gasteiger partial charge on any atom is 0.251 e. The second kappa shape index (κ2) is 9.29. The zero-order valence-electron chi connectivity index (χ0n) is 12.3. The van der Waals surface area contributed by atoms with Crippen LogP contribution in [-0.4, -0.2) is 35.5 Å². The number of hydrogen-bond donors (Lipinski definition) is 2. The van der Waals surface area contributed by atoms with Crippen molar-refractivity contribution in [3.05, 3.63) is 48.4 Å². The summed E-state index contributed by atoms with van der Waals surface area (Å²) in [7, 11) is 0. The molecule has 0 unspecified atom stereocenters. The maximum absolute atomic E-state index is 12.1. The second-order valence-electron chi connectivity index (χ2n) is 4.91. The fraction of sp³-hybridized carbons (Fsp3) is 0.267. The number of carbonyl (C=O) groups excluding carboxylic acids is 1. The first-order chi connectivity index (χ1) is 10.3. The molecule has 8 heteroatoms. The van der Waals surface area contributed by atoms with Crippen LogP contribution in [0.25, 0.3) is 0 Å². The topological polar surface area (TPSA) is 76.1 Å². The van der Waals surface area contributed by atoms with E-state index in [1.165, 1.54) is 6.20 Å². The molecule has 6 nitrogen and oxygen atoms in total. The highest BCUT2D eigenvalue weighted by Gasteiger charge is 2.17. The van der Waals surface area contributed by atoms with E-state index in [-0.39, 0.29) is 30.7 Å². The van der Waals surface area contributed by atoms with E-state index in [4.69, 9.17) is 4.74 Å². The highest BCUT2D eigenvalue weighted by molar-refractivity contribution is 5.94. The van der Waals surface area contributed by atoms with Crippen molar-refractivity contribution in [2.75, 3.05) is 19.6 Å². The molecule has 2 aromatic rings. The van der Waals surface area contributed by atoms with Gasteiger partial charge >= 0.3 is 0 Å². The normalized spacial score (nSPS) is 13.0. The fourth-order valence-electron chi connectivity index (χ4n) is 1.99. The summed E-state index contributed by atoms with van der Waals surface area (Å²) in [4.78, 5) is 20.0. The number of amides is 1. The first kappa shape index (κ1) is 19.2. The lowest BCUT2D eigenvalue weighted by molar-refractivity contribution is 0.0942. The molecule has 2 N–H and O–H groups in total. The van der Waals surface area contributed by atoms with Crippen LogP contribution in [0.15, 0.2) is 42.9 Å². The first-order valence-electron chi connectivity index (χ1n) is 6.84. The number of rotatable bonds is 5. The number of nitrogens with one attached hydrogen (secondary N) is 2. The number of aromatic nitrogens is 2. The van der Waals surface area contributed by atoms with E-state index in [1.807, 2.05) is 0 Å². The Hall–Kier alpha value is -1.89. The van der Waals surface area contributed by atoms with Crippen LogP contribution in [0.4, 0.5) is 0 Å². The number of benzene rings is 1. The van der Waals surface area contributed by atoms with Gasteiger partial charge in [0.25, 0.3) is 5.91 Å². The molecule has 124 valence electrons. The lowest BCUT2D eigenvalue weighted by Crippen LogP contribution is -2.48. The molecule has 0 saturated carbocycles. The summed E-state index contributed by atoms with van der Waals surface area (Å²) in [6.45, 7) is 2.63. The Morgan fingerprint density at radius 2 is 2.13 bits per heavy atom. The average Bonchev–Trinajstić information content (AvgIpc) is 2.47. The molecule has 1 aliphatic heterocycles. The number of halogens is 2. The zero-order valence-corrected chi connectivity index (χ0v) is 13.9. The van der Waals surface area contributed by atoms with Crippen LogP contribution in [0.1, 0.15) is 10.4 Å². The number of ether oxygens (including phenoxy) is 1. The van der Waals surface area contributed by atoms with Crippen molar-refractivity contribution in [3.63, 3.8) is 0 Å². The predicted octanol–water partition coefficient (Wildman–Crippen LogP) is 2.06. The van der Waals surface area contributed by atoms with Gasteiger partial charge in [0, 0.05) is 43.5 Å². The van der Waals surface area contributed by atoms with Crippen molar-refractivity contribution in [3.8, 4) is 11.6 Å². The third-order valence-corrected chi connectivity index (χ3v) is 3.28. The average molecular weight is 357 g/mol. The van der Waals surface area contributed by atoms with Crippen molar-refractivity contribution in [2.45, 2.75) is 0 Å². The molecule has 1 aromatic heterocycles. The molecule has 1 aromatic carbocycles. The smallest absolute Gasteiger partial charge is 0.251 e. The van der Waals surface area contributed by atoms with Crippen LogP contribution < -0.4 is 15.4 Å². The lowest BCUT2D eigenvalue weighted by Gasteiger charge is -2.27. The molecule has 1 saturated heterocycles. The molecule has 0 spiro atoms. The van der Waals surface area contributed by atoms with E-state index < -0.39 is 0 Å². The van der Waals surface area contributed by atoms with E-state index >= 15 is 0 Å². The Labute approximate surface area is 146 Å². The van der Waals surface area contributed by atoms with Crippen LogP contribution in [0.2, 0.25) is 0 Å². The van der Waals surface area contributed by atoms with Crippen molar-refractivity contribution in [2.24, 2.45) is 5.92 Å². The molecular weight excluding hydrogens is 339 g/mol. The minimum atomic E-state index is -0.0912. The summed E-state index contributed by atoms with van der Waals surface area (Å²) in [5.74, 6) is 1.41. The van der Waals surface area contributed by atoms with Crippen LogP contribution in [0.5, 0.6) is 11.6 Å². The number of carbonyl (C=O) groups is 1. The Morgan fingerprint density at radius 1 is 1.30 bits per heavy atom. The molecule has 0 atom stereocenters. The monoisotopic (exact) mass is 356 g/mol. The SMILES string of the molecule is Cl.Cl.O=C(NCC1CNC1)c1cccc(Oc2cnccn2)c1. The van der Waals surface area contributed by atoms with Gasteiger partial charge in [-0.05, 0) is 18.2 Å². The molecule has 2 heterocycles. The molecule has 1 fully saturated rings. The summed E-state index contributed by atoms with van der Waals surface area (Å²) < 4.78 is 5.56. The molecule has 3 rings (SSSR count). The van der Waals surface area contributed by atoms with Crippen molar-refractivity contribution < 1.29 is 9.53 Å². The van der Waals surface area contributed by atoms with Gasteiger partial charge in [0.2, 0.25) is 5.88 Å². The Bertz CT molecular complexity index is 624. The summed E-state index contributed by atoms with van der Waals surface area (Å²) in [6.07, 6.45) is 4.65. The van der Waals surface area contributed by atoms with Gasteiger partial charge in [0.15, 0.2) is 0 Å². The van der Waals surface area contributed by atoms with E-state index in [1.54, 1.807) is 36.7 Å². The van der Waals surface area contributed by atoms with Crippen LogP contribution in [-0.2, 0) is 0 Å². The van der Waals surface area contributed by atoms with Gasteiger partial charge in [0.05, 0.1) is 6.20 Å². The minimum Gasteiger partial charge on any atom is -0.437 e. The summed E-state index contributed by atoms with van der Waals surface area (Å²) in [6, 6.07) is 7.02. The molecular formula is C15H18Cl2N4O2. The fourth-order valence-corrected chi connectivity index (χ4v) is 1.99. The second-order valence-corrected chi connectivity index (χ2v) is 4.91. The summed E-state index contributed by atoms with van der Waals surface area (Å²) in [5, 5.41) is 6.11. The summed E-state index contributed by atoms with van der Waals surface area (Å²) in [5.41, 5.74) is 0.573. The van der Waals surface area contributed by atoms with Gasteiger partial charge in [-0.1, -0.05) is 6.07 Å². The standard InChI is InChI=1S/C15H16N4O2.2ClH/c20-15(19-9-11-7-17-8-11)12-2-1-3-13(6-12)21-14-10-16-4-5-18-14;;/h1-6,10-11,17H,7-9H2,(H,19,20);2*1H. The van der Waals surface area contributed by atoms with Gasteiger partial charge in [-0.2, -0.15) is 0 Å². The Kier molecular flexibility index (Phi) is 7.74. The van der Waals surface area contributed by atoms with Gasteiger partial charge in [-0.15, -0.1) is 24.8 Å². The van der Waals surface area contributed by atoms with Crippen LogP contribution in [0, 0.1) is 5.92 Å².